The van der Waals surface area contributed by atoms with Crippen molar-refractivity contribution >= 4 is 5.91 Å². The average Bonchev–Trinajstić information content (AvgIpc) is 3.26. The van der Waals surface area contributed by atoms with Crippen molar-refractivity contribution in [3.05, 3.63) is 65.6 Å². The minimum atomic E-state index is -0.501. The fourth-order valence-electron chi connectivity index (χ4n) is 4.33. The summed E-state index contributed by atoms with van der Waals surface area (Å²) in [6, 6.07) is 15.7. The predicted molar refractivity (Wildman–Crippen MR) is 129 cm³/mol. The second kappa shape index (κ2) is 10.1. The largest absolute Gasteiger partial charge is 0.497 e. The molecule has 0 aliphatic carbocycles. The number of imidazole rings is 1. The standard InChI is InChI=1S/C26H32N4O3/c1-17(2)33-22-7-5-4-6-20(22)16-30-14-12-19(13-15-30)26-28-23(24(29-26)25(27)31)18-8-10-21(32-3)11-9-18/h4-11,17,19H,12-16H2,1-3H3,(H2,27,31)(H,28,29). The first-order valence-corrected chi connectivity index (χ1v) is 11.5. The van der Waals surface area contributed by atoms with E-state index in [0.29, 0.717) is 11.4 Å². The summed E-state index contributed by atoms with van der Waals surface area (Å²) in [7, 11) is 1.62. The molecule has 0 bridgehead atoms. The Labute approximate surface area is 194 Å². The molecule has 4 rings (SSSR count). The third kappa shape index (κ3) is 5.37. The van der Waals surface area contributed by atoms with Crippen LogP contribution in [0.3, 0.4) is 0 Å². The Morgan fingerprint density at radius 2 is 1.85 bits per heavy atom. The molecule has 2 aromatic carbocycles. The summed E-state index contributed by atoms with van der Waals surface area (Å²) < 4.78 is 11.2. The van der Waals surface area contributed by atoms with Crippen molar-refractivity contribution in [1.29, 1.82) is 0 Å². The van der Waals surface area contributed by atoms with Gasteiger partial charge in [0.1, 0.15) is 28.7 Å². The highest BCUT2D eigenvalue weighted by atomic mass is 16.5. The summed E-state index contributed by atoms with van der Waals surface area (Å²) in [4.78, 5) is 22.5. The molecule has 0 spiro atoms. The van der Waals surface area contributed by atoms with Gasteiger partial charge in [-0.1, -0.05) is 18.2 Å². The molecule has 3 N–H and O–H groups in total. The molecule has 174 valence electrons. The summed E-state index contributed by atoms with van der Waals surface area (Å²) in [6.45, 7) is 6.85. The van der Waals surface area contributed by atoms with E-state index in [1.807, 2.05) is 50.2 Å². The topological polar surface area (TPSA) is 93.5 Å². The van der Waals surface area contributed by atoms with Crippen LogP contribution in [-0.2, 0) is 6.54 Å². The second-order valence-corrected chi connectivity index (χ2v) is 8.76. The number of hydrogen-bond acceptors (Lipinski definition) is 5. The lowest BCUT2D eigenvalue weighted by molar-refractivity contribution is 0.0996. The molecule has 1 aliphatic heterocycles. The molecule has 7 nitrogen and oxygen atoms in total. The van der Waals surface area contributed by atoms with Crippen LogP contribution in [0.2, 0.25) is 0 Å². The van der Waals surface area contributed by atoms with Gasteiger partial charge < -0.3 is 20.2 Å². The zero-order chi connectivity index (χ0) is 23.4. The van der Waals surface area contributed by atoms with Gasteiger partial charge in [0.05, 0.1) is 13.2 Å². The minimum Gasteiger partial charge on any atom is -0.497 e. The van der Waals surface area contributed by atoms with Crippen LogP contribution in [0.5, 0.6) is 11.5 Å². The molecule has 1 saturated heterocycles. The van der Waals surface area contributed by atoms with Gasteiger partial charge in [0.2, 0.25) is 0 Å². The highest BCUT2D eigenvalue weighted by Gasteiger charge is 2.26. The van der Waals surface area contributed by atoms with Crippen LogP contribution in [0.1, 0.15) is 54.5 Å². The van der Waals surface area contributed by atoms with E-state index < -0.39 is 5.91 Å². The van der Waals surface area contributed by atoms with E-state index >= 15 is 0 Å². The number of ether oxygens (including phenoxy) is 2. The average molecular weight is 449 g/mol. The van der Waals surface area contributed by atoms with Gasteiger partial charge in [-0.25, -0.2) is 4.98 Å². The smallest absolute Gasteiger partial charge is 0.267 e. The maximum Gasteiger partial charge on any atom is 0.267 e. The number of rotatable bonds is 8. The van der Waals surface area contributed by atoms with Gasteiger partial charge in [0.15, 0.2) is 0 Å². The number of methoxy groups -OCH3 is 1. The molecule has 2 heterocycles. The van der Waals surface area contributed by atoms with Crippen LogP contribution in [0.25, 0.3) is 11.3 Å². The molecule has 1 aliphatic rings. The van der Waals surface area contributed by atoms with E-state index in [4.69, 9.17) is 20.2 Å². The Hall–Kier alpha value is -3.32. The van der Waals surface area contributed by atoms with Gasteiger partial charge in [-0.15, -0.1) is 0 Å². The van der Waals surface area contributed by atoms with Crippen LogP contribution in [0, 0.1) is 0 Å². The Balaban J connectivity index is 1.45. The number of H-pyrrole nitrogens is 1. The molecular weight excluding hydrogens is 416 g/mol. The zero-order valence-corrected chi connectivity index (χ0v) is 19.5. The van der Waals surface area contributed by atoms with E-state index in [1.165, 1.54) is 5.56 Å². The quantitative estimate of drug-likeness (QED) is 0.534. The third-order valence-corrected chi connectivity index (χ3v) is 6.04. The van der Waals surface area contributed by atoms with E-state index in [0.717, 1.165) is 55.4 Å². The maximum atomic E-state index is 12.1. The number of carbonyl (C=O) groups excluding carboxylic acids is 1. The molecule has 0 radical (unpaired) electrons. The Kier molecular flexibility index (Phi) is 6.99. The molecule has 7 heteroatoms. The number of amides is 1. The van der Waals surface area contributed by atoms with E-state index in [-0.39, 0.29) is 12.0 Å². The number of piperidine rings is 1. The first-order chi connectivity index (χ1) is 15.9. The van der Waals surface area contributed by atoms with Crippen molar-refractivity contribution in [3.63, 3.8) is 0 Å². The summed E-state index contributed by atoms with van der Waals surface area (Å²) in [5.41, 5.74) is 8.66. The van der Waals surface area contributed by atoms with Crippen LogP contribution < -0.4 is 15.2 Å². The van der Waals surface area contributed by atoms with Crippen molar-refractivity contribution in [2.24, 2.45) is 5.73 Å². The number of nitrogens with two attached hydrogens (primary N) is 1. The number of aromatic nitrogens is 2. The molecular formula is C26H32N4O3. The molecule has 3 aromatic rings. The Morgan fingerprint density at radius 1 is 1.15 bits per heavy atom. The number of hydrogen-bond donors (Lipinski definition) is 2. The predicted octanol–water partition coefficient (Wildman–Crippen LogP) is 4.35. The van der Waals surface area contributed by atoms with Crippen LogP contribution >= 0.6 is 0 Å². The number of para-hydroxylation sites is 1. The first kappa shape index (κ1) is 22.9. The first-order valence-electron chi connectivity index (χ1n) is 11.5. The Bertz CT molecular complexity index is 1080. The van der Waals surface area contributed by atoms with Gasteiger partial charge in [0.25, 0.3) is 5.91 Å². The summed E-state index contributed by atoms with van der Waals surface area (Å²) >= 11 is 0. The van der Waals surface area contributed by atoms with Gasteiger partial charge in [-0.2, -0.15) is 0 Å². The molecule has 1 fully saturated rings. The van der Waals surface area contributed by atoms with E-state index in [2.05, 4.69) is 22.0 Å². The van der Waals surface area contributed by atoms with E-state index in [1.54, 1.807) is 7.11 Å². The fourth-order valence-corrected chi connectivity index (χ4v) is 4.33. The summed E-state index contributed by atoms with van der Waals surface area (Å²) in [6.07, 6.45) is 2.07. The number of primary amides is 1. The van der Waals surface area contributed by atoms with Crippen molar-refractivity contribution in [2.75, 3.05) is 20.2 Å². The van der Waals surface area contributed by atoms with Crippen LogP contribution in [-0.4, -0.2) is 47.1 Å². The van der Waals surface area contributed by atoms with E-state index in [9.17, 15) is 4.79 Å². The number of nitrogens with one attached hydrogen (secondary N) is 1. The highest BCUT2D eigenvalue weighted by molar-refractivity contribution is 5.97. The summed E-state index contributed by atoms with van der Waals surface area (Å²) in [5.74, 6) is 2.30. The second-order valence-electron chi connectivity index (χ2n) is 8.76. The van der Waals surface area contributed by atoms with Crippen molar-refractivity contribution < 1.29 is 14.3 Å². The SMILES string of the molecule is COc1ccc(-c2nc(C3CCN(Cc4ccccc4OC(C)C)CC3)[nH]c2C(N)=O)cc1. The lowest BCUT2D eigenvalue weighted by atomic mass is 9.95. The highest BCUT2D eigenvalue weighted by Crippen LogP contribution is 2.32. The molecule has 0 atom stereocenters. The van der Waals surface area contributed by atoms with Gasteiger partial charge in [-0.05, 0) is 70.1 Å². The van der Waals surface area contributed by atoms with Gasteiger partial charge >= 0.3 is 0 Å². The van der Waals surface area contributed by atoms with Crippen molar-refractivity contribution in [3.8, 4) is 22.8 Å². The molecule has 33 heavy (non-hydrogen) atoms. The molecule has 1 aromatic heterocycles. The molecule has 1 amide bonds. The minimum absolute atomic E-state index is 0.148. The summed E-state index contributed by atoms with van der Waals surface area (Å²) in [5, 5.41) is 0. The van der Waals surface area contributed by atoms with Gasteiger partial charge in [0, 0.05) is 23.6 Å². The number of nitrogens with zero attached hydrogens (tertiary/aromatic N) is 2. The zero-order valence-electron chi connectivity index (χ0n) is 19.5. The Morgan fingerprint density at radius 3 is 2.48 bits per heavy atom. The molecule has 0 unspecified atom stereocenters. The van der Waals surface area contributed by atoms with Crippen LogP contribution in [0.15, 0.2) is 48.5 Å². The van der Waals surface area contributed by atoms with Crippen molar-refractivity contribution in [2.45, 2.75) is 45.3 Å². The number of carbonyl (C=O) groups is 1. The number of benzene rings is 2. The number of likely N-dealkylation sites (tertiary alicyclic amines) is 1. The third-order valence-electron chi connectivity index (χ3n) is 6.04. The van der Waals surface area contributed by atoms with Gasteiger partial charge in [-0.3, -0.25) is 9.69 Å². The number of aromatic amines is 1. The maximum absolute atomic E-state index is 12.1. The molecule has 0 saturated carbocycles. The monoisotopic (exact) mass is 448 g/mol. The lowest BCUT2D eigenvalue weighted by Crippen LogP contribution is -2.33. The van der Waals surface area contributed by atoms with Crippen LogP contribution in [0.4, 0.5) is 0 Å². The lowest BCUT2D eigenvalue weighted by Gasteiger charge is -2.31. The van der Waals surface area contributed by atoms with Crippen molar-refractivity contribution in [1.82, 2.24) is 14.9 Å². The fraction of sp³-hybridized carbons (Fsp3) is 0.385. The normalized spacial score (nSPS) is 15.0.